The quantitative estimate of drug-likeness (QED) is 0.759. The summed E-state index contributed by atoms with van der Waals surface area (Å²) in [4.78, 5) is 13.9. The van der Waals surface area contributed by atoms with Crippen molar-refractivity contribution in [2.45, 2.75) is 24.0 Å². The topological polar surface area (TPSA) is 76.2 Å². The van der Waals surface area contributed by atoms with E-state index in [-0.39, 0.29) is 0 Å². The Kier molecular flexibility index (Phi) is 3.71. The minimum absolute atomic E-state index is 0.534. The Labute approximate surface area is 92.9 Å². The van der Waals surface area contributed by atoms with Gasteiger partial charge in [0.2, 0.25) is 0 Å². The second kappa shape index (κ2) is 4.63. The maximum absolute atomic E-state index is 10.7. The van der Waals surface area contributed by atoms with Crippen LogP contribution in [0.2, 0.25) is 0 Å². The first-order valence-electron chi connectivity index (χ1n) is 4.53. The lowest BCUT2D eigenvalue weighted by Crippen LogP contribution is -2.33. The smallest absolute Gasteiger partial charge is 0.316 e. The number of carboxylic acids is 1. The fraction of sp³-hybridized carbons (Fsp3) is 0.400. The third-order valence-electron chi connectivity index (χ3n) is 2.02. The first-order chi connectivity index (χ1) is 6.93. The third-order valence-corrected chi connectivity index (χ3v) is 3.30. The molecule has 0 amide bonds. The predicted molar refractivity (Wildman–Crippen MR) is 60.5 cm³/mol. The summed E-state index contributed by atoms with van der Waals surface area (Å²) in [5, 5.41) is 8.27. The highest BCUT2D eigenvalue weighted by molar-refractivity contribution is 8.01. The normalized spacial score (nSPS) is 16.7. The van der Waals surface area contributed by atoms with Crippen LogP contribution < -0.4 is 5.73 Å². The molecule has 0 saturated heterocycles. The number of aliphatic carboxylic acids is 1. The predicted octanol–water partition coefficient (Wildman–Crippen LogP) is 1.42. The second-order valence-electron chi connectivity index (χ2n) is 3.44. The molecule has 0 spiro atoms. The molecule has 0 aliphatic carbocycles. The lowest BCUT2D eigenvalue weighted by molar-refractivity contribution is -0.136. The monoisotopic (exact) mass is 226 g/mol. The molecule has 1 aromatic heterocycles. The highest BCUT2D eigenvalue weighted by Crippen LogP contribution is 2.33. The largest absolute Gasteiger partial charge is 0.480 e. The van der Waals surface area contributed by atoms with Crippen molar-refractivity contribution in [2.24, 2.45) is 5.73 Å². The van der Waals surface area contributed by atoms with Crippen molar-refractivity contribution in [1.82, 2.24) is 4.98 Å². The second-order valence-corrected chi connectivity index (χ2v) is 5.23. The van der Waals surface area contributed by atoms with E-state index in [1.807, 2.05) is 0 Å². The highest BCUT2D eigenvalue weighted by atomic mass is 32.2. The van der Waals surface area contributed by atoms with Gasteiger partial charge in [0.25, 0.3) is 0 Å². The Morgan fingerprint density at radius 3 is 2.60 bits per heavy atom. The van der Waals surface area contributed by atoms with E-state index < -0.39 is 16.1 Å². The van der Waals surface area contributed by atoms with Crippen molar-refractivity contribution in [3.05, 3.63) is 30.1 Å². The molecule has 0 saturated carbocycles. The van der Waals surface area contributed by atoms with Gasteiger partial charge in [0, 0.05) is 12.4 Å². The van der Waals surface area contributed by atoms with E-state index in [0.29, 0.717) is 0 Å². The molecule has 1 heterocycles. The molecule has 0 bridgehead atoms. The number of nitrogens with two attached hydrogens (primary N) is 1. The van der Waals surface area contributed by atoms with E-state index in [1.165, 1.54) is 11.8 Å². The van der Waals surface area contributed by atoms with Crippen molar-refractivity contribution >= 4 is 17.7 Å². The standard InChI is InChI=1S/C10H14N2O2S/c1-7(9(13)14)15-10(2,11)8-3-5-12-6-4-8/h3-7H,11H2,1-2H3,(H,13,14). The van der Waals surface area contributed by atoms with Crippen LogP contribution in [-0.4, -0.2) is 21.3 Å². The van der Waals surface area contributed by atoms with Crippen molar-refractivity contribution in [2.75, 3.05) is 0 Å². The van der Waals surface area contributed by atoms with E-state index in [0.717, 1.165) is 5.56 Å². The number of carbonyl (C=O) groups is 1. The zero-order valence-corrected chi connectivity index (χ0v) is 9.49. The van der Waals surface area contributed by atoms with Crippen LogP contribution in [0.25, 0.3) is 0 Å². The molecule has 15 heavy (non-hydrogen) atoms. The molecule has 5 heteroatoms. The van der Waals surface area contributed by atoms with Gasteiger partial charge in [-0.1, -0.05) is 0 Å². The average molecular weight is 226 g/mol. The summed E-state index contributed by atoms with van der Waals surface area (Å²) >= 11 is 1.21. The number of thioether (sulfide) groups is 1. The zero-order valence-electron chi connectivity index (χ0n) is 8.68. The number of rotatable bonds is 4. The number of pyridine rings is 1. The maximum Gasteiger partial charge on any atom is 0.316 e. The molecule has 4 nitrogen and oxygen atoms in total. The molecule has 2 atom stereocenters. The van der Waals surface area contributed by atoms with Gasteiger partial charge in [0.05, 0.1) is 4.87 Å². The lowest BCUT2D eigenvalue weighted by Gasteiger charge is -2.26. The minimum atomic E-state index is -0.856. The molecular formula is C10H14N2O2S. The highest BCUT2D eigenvalue weighted by Gasteiger charge is 2.27. The summed E-state index contributed by atoms with van der Waals surface area (Å²) in [5.74, 6) is -0.856. The van der Waals surface area contributed by atoms with Gasteiger partial charge in [-0.2, -0.15) is 0 Å². The molecule has 1 rings (SSSR count). The van der Waals surface area contributed by atoms with Crippen LogP contribution in [0.3, 0.4) is 0 Å². The summed E-state index contributed by atoms with van der Waals surface area (Å²) in [5.41, 5.74) is 6.92. The summed E-state index contributed by atoms with van der Waals surface area (Å²) in [6.07, 6.45) is 3.29. The molecular weight excluding hydrogens is 212 g/mol. The fourth-order valence-corrected chi connectivity index (χ4v) is 2.28. The van der Waals surface area contributed by atoms with Gasteiger partial charge < -0.3 is 10.8 Å². The third kappa shape index (κ3) is 3.21. The van der Waals surface area contributed by atoms with Crippen molar-refractivity contribution < 1.29 is 9.90 Å². The molecule has 0 aliphatic rings. The lowest BCUT2D eigenvalue weighted by atomic mass is 10.1. The van der Waals surface area contributed by atoms with Gasteiger partial charge in [-0.05, 0) is 31.5 Å². The molecule has 2 unspecified atom stereocenters. The Bertz CT molecular complexity index is 341. The van der Waals surface area contributed by atoms with Crippen LogP contribution in [0.5, 0.6) is 0 Å². The number of aromatic nitrogens is 1. The molecule has 0 fully saturated rings. The van der Waals surface area contributed by atoms with Crippen LogP contribution in [0, 0.1) is 0 Å². The summed E-state index contributed by atoms with van der Waals surface area (Å²) < 4.78 is 0. The van der Waals surface area contributed by atoms with E-state index in [9.17, 15) is 4.79 Å². The number of nitrogens with zero attached hydrogens (tertiary/aromatic N) is 1. The zero-order chi connectivity index (χ0) is 11.5. The summed E-state index contributed by atoms with van der Waals surface area (Å²) in [6, 6.07) is 3.59. The average Bonchev–Trinajstić information content (AvgIpc) is 2.18. The van der Waals surface area contributed by atoms with Gasteiger partial charge in [-0.3, -0.25) is 9.78 Å². The minimum Gasteiger partial charge on any atom is -0.480 e. The maximum atomic E-state index is 10.7. The van der Waals surface area contributed by atoms with E-state index in [1.54, 1.807) is 38.4 Å². The Morgan fingerprint density at radius 1 is 1.60 bits per heavy atom. The molecule has 0 aliphatic heterocycles. The van der Waals surface area contributed by atoms with Gasteiger partial charge in [0.15, 0.2) is 0 Å². The van der Waals surface area contributed by atoms with Gasteiger partial charge in [0.1, 0.15) is 5.25 Å². The van der Waals surface area contributed by atoms with E-state index in [2.05, 4.69) is 4.98 Å². The SMILES string of the molecule is CC(SC(C)(N)c1ccncc1)C(=O)O. The van der Waals surface area contributed by atoms with Crippen LogP contribution in [0.15, 0.2) is 24.5 Å². The Morgan fingerprint density at radius 2 is 2.13 bits per heavy atom. The fourth-order valence-electron chi connectivity index (χ4n) is 1.17. The van der Waals surface area contributed by atoms with Crippen molar-refractivity contribution in [3.63, 3.8) is 0 Å². The Balaban J connectivity index is 2.80. The van der Waals surface area contributed by atoms with Crippen molar-refractivity contribution in [3.8, 4) is 0 Å². The molecule has 1 aromatic rings. The van der Waals surface area contributed by atoms with Crippen LogP contribution in [-0.2, 0) is 9.67 Å². The number of hydrogen-bond acceptors (Lipinski definition) is 4. The van der Waals surface area contributed by atoms with Crippen molar-refractivity contribution in [1.29, 1.82) is 0 Å². The van der Waals surface area contributed by atoms with Gasteiger partial charge in [-0.15, -0.1) is 11.8 Å². The van der Waals surface area contributed by atoms with Crippen LogP contribution in [0.1, 0.15) is 19.4 Å². The molecule has 3 N–H and O–H groups in total. The van der Waals surface area contributed by atoms with Crippen LogP contribution in [0.4, 0.5) is 0 Å². The number of hydrogen-bond donors (Lipinski definition) is 2. The summed E-state index contributed by atoms with van der Waals surface area (Å²) in [6.45, 7) is 3.42. The first kappa shape index (κ1) is 12.0. The molecule has 0 aromatic carbocycles. The Hall–Kier alpha value is -1.07. The van der Waals surface area contributed by atoms with Gasteiger partial charge >= 0.3 is 5.97 Å². The van der Waals surface area contributed by atoms with E-state index in [4.69, 9.17) is 10.8 Å². The van der Waals surface area contributed by atoms with E-state index >= 15 is 0 Å². The number of carboxylic acid groups (broad SMARTS) is 1. The summed E-state index contributed by atoms with van der Waals surface area (Å²) in [7, 11) is 0. The van der Waals surface area contributed by atoms with Crippen LogP contribution >= 0.6 is 11.8 Å². The van der Waals surface area contributed by atoms with Gasteiger partial charge in [-0.25, -0.2) is 0 Å². The first-order valence-corrected chi connectivity index (χ1v) is 5.41. The molecule has 82 valence electrons. The molecule has 0 radical (unpaired) electrons.